The van der Waals surface area contributed by atoms with Crippen LogP contribution in [-0.4, -0.2) is 55.1 Å². The average Bonchev–Trinajstić information content (AvgIpc) is 3.43. The molecular formula is C21H18N6O3. The number of carbonyl (C=O) groups is 1. The summed E-state index contributed by atoms with van der Waals surface area (Å²) < 4.78 is 12.0. The summed E-state index contributed by atoms with van der Waals surface area (Å²) in [7, 11) is 0. The number of carbonyl (C=O) groups excluding carboxylic acids is 1. The first kappa shape index (κ1) is 18.0. The molecule has 0 spiro atoms. The number of nitrogens with one attached hydrogen (secondary N) is 1. The zero-order chi connectivity index (χ0) is 20.5. The maximum absolute atomic E-state index is 11.8. The van der Waals surface area contributed by atoms with Gasteiger partial charge in [-0.25, -0.2) is 9.97 Å². The monoisotopic (exact) mass is 402 g/mol. The van der Waals surface area contributed by atoms with E-state index >= 15 is 0 Å². The number of pyridine rings is 1. The van der Waals surface area contributed by atoms with Crippen molar-refractivity contribution < 1.29 is 14.3 Å². The number of aromatic amines is 1. The van der Waals surface area contributed by atoms with Crippen LogP contribution in [0.2, 0.25) is 0 Å². The van der Waals surface area contributed by atoms with Gasteiger partial charge in [0.05, 0.1) is 23.8 Å². The molecule has 4 heterocycles. The van der Waals surface area contributed by atoms with Gasteiger partial charge in [-0.3, -0.25) is 9.89 Å². The number of ether oxygens (including phenoxy) is 2. The minimum Gasteiger partial charge on any atom is -0.472 e. The highest BCUT2D eigenvalue weighted by Crippen LogP contribution is 2.29. The molecular weight excluding hydrogens is 384 g/mol. The molecule has 1 N–H and O–H groups in total. The van der Waals surface area contributed by atoms with E-state index in [1.165, 1.54) is 12.4 Å². The maximum atomic E-state index is 11.8. The molecule has 0 saturated carbocycles. The van der Waals surface area contributed by atoms with Crippen molar-refractivity contribution in [3.8, 4) is 17.5 Å². The first-order valence-electron chi connectivity index (χ1n) is 9.50. The van der Waals surface area contributed by atoms with Gasteiger partial charge in [0.25, 0.3) is 0 Å². The highest BCUT2D eigenvalue weighted by Gasteiger charge is 2.26. The molecule has 1 aliphatic rings. The summed E-state index contributed by atoms with van der Waals surface area (Å²) in [6.07, 6.45) is 5.09. The van der Waals surface area contributed by atoms with Gasteiger partial charge in [-0.05, 0) is 30.3 Å². The standard InChI is InChI=1S/C21H18N6O3/c1-2-19(28)27-8-7-15(11-27)29-18-6-5-17-20(25-18)21(23-12-22-17)30-14-3-4-16-13(9-14)10-24-26-16/h2-6,9-10,12,15H,1,7-8,11H2,(H,24,26)/t15-/m0/s1. The quantitative estimate of drug-likeness (QED) is 0.512. The Bertz CT molecular complexity index is 1250. The van der Waals surface area contributed by atoms with Gasteiger partial charge in [-0.15, -0.1) is 0 Å². The summed E-state index contributed by atoms with van der Waals surface area (Å²) in [5.74, 6) is 1.30. The van der Waals surface area contributed by atoms with Crippen molar-refractivity contribution in [3.05, 3.63) is 55.5 Å². The van der Waals surface area contributed by atoms with Crippen LogP contribution >= 0.6 is 0 Å². The Morgan fingerprint density at radius 3 is 3.10 bits per heavy atom. The third-order valence-electron chi connectivity index (χ3n) is 4.97. The van der Waals surface area contributed by atoms with E-state index in [0.29, 0.717) is 41.6 Å². The molecule has 150 valence electrons. The lowest BCUT2D eigenvalue weighted by Crippen LogP contribution is -2.29. The fraction of sp³-hybridized carbons (Fsp3) is 0.190. The number of aromatic nitrogens is 5. The third kappa shape index (κ3) is 3.41. The van der Waals surface area contributed by atoms with Crippen LogP contribution in [0.25, 0.3) is 21.9 Å². The predicted octanol–water partition coefficient (Wildman–Crippen LogP) is 2.86. The molecule has 5 rings (SSSR count). The molecule has 1 saturated heterocycles. The smallest absolute Gasteiger partial charge is 0.249 e. The van der Waals surface area contributed by atoms with E-state index in [1.54, 1.807) is 17.2 Å². The van der Waals surface area contributed by atoms with E-state index in [-0.39, 0.29) is 12.0 Å². The van der Waals surface area contributed by atoms with Crippen molar-refractivity contribution in [2.45, 2.75) is 12.5 Å². The van der Waals surface area contributed by atoms with Gasteiger partial charge in [0, 0.05) is 24.4 Å². The van der Waals surface area contributed by atoms with Crippen LogP contribution in [-0.2, 0) is 4.79 Å². The number of rotatable bonds is 5. The fourth-order valence-corrected chi connectivity index (χ4v) is 3.46. The summed E-state index contributed by atoms with van der Waals surface area (Å²) in [5, 5.41) is 7.86. The molecule has 9 nitrogen and oxygen atoms in total. The summed E-state index contributed by atoms with van der Waals surface area (Å²) in [6.45, 7) is 4.67. The number of fused-ring (bicyclic) bond motifs is 2. The molecule has 0 aliphatic carbocycles. The normalized spacial score (nSPS) is 16.1. The molecule has 1 fully saturated rings. The molecule has 1 aliphatic heterocycles. The van der Waals surface area contributed by atoms with E-state index in [2.05, 4.69) is 31.7 Å². The van der Waals surface area contributed by atoms with Gasteiger partial charge in [0.1, 0.15) is 18.2 Å². The highest BCUT2D eigenvalue weighted by molar-refractivity contribution is 5.87. The summed E-state index contributed by atoms with van der Waals surface area (Å²) in [6, 6.07) is 9.16. The number of hydrogen-bond donors (Lipinski definition) is 1. The lowest BCUT2D eigenvalue weighted by molar-refractivity contribution is -0.125. The fourth-order valence-electron chi connectivity index (χ4n) is 3.46. The molecule has 0 radical (unpaired) electrons. The number of hydrogen-bond acceptors (Lipinski definition) is 7. The van der Waals surface area contributed by atoms with Gasteiger partial charge < -0.3 is 14.4 Å². The summed E-state index contributed by atoms with van der Waals surface area (Å²) in [4.78, 5) is 26.5. The van der Waals surface area contributed by atoms with Gasteiger partial charge in [0.2, 0.25) is 17.7 Å². The number of likely N-dealkylation sites (tertiary alicyclic amines) is 1. The van der Waals surface area contributed by atoms with E-state index in [9.17, 15) is 4.79 Å². The maximum Gasteiger partial charge on any atom is 0.249 e. The van der Waals surface area contributed by atoms with Crippen molar-refractivity contribution in [2.24, 2.45) is 0 Å². The lowest BCUT2D eigenvalue weighted by Gasteiger charge is -2.15. The Kier molecular flexibility index (Phi) is 4.47. The van der Waals surface area contributed by atoms with Crippen LogP contribution in [0.1, 0.15) is 6.42 Å². The van der Waals surface area contributed by atoms with Crippen molar-refractivity contribution in [1.82, 2.24) is 30.0 Å². The molecule has 0 bridgehead atoms. The average molecular weight is 402 g/mol. The zero-order valence-electron chi connectivity index (χ0n) is 16.0. The lowest BCUT2D eigenvalue weighted by atomic mass is 10.2. The topological polar surface area (TPSA) is 106 Å². The third-order valence-corrected chi connectivity index (χ3v) is 4.97. The second-order valence-electron chi connectivity index (χ2n) is 6.93. The van der Waals surface area contributed by atoms with Gasteiger partial charge in [0.15, 0.2) is 5.52 Å². The van der Waals surface area contributed by atoms with E-state index in [4.69, 9.17) is 9.47 Å². The minimum absolute atomic E-state index is 0.0914. The summed E-state index contributed by atoms with van der Waals surface area (Å²) >= 11 is 0. The minimum atomic E-state index is -0.128. The van der Waals surface area contributed by atoms with Crippen molar-refractivity contribution in [1.29, 1.82) is 0 Å². The van der Waals surface area contributed by atoms with E-state index < -0.39 is 0 Å². The number of H-pyrrole nitrogens is 1. The number of nitrogens with zero attached hydrogens (tertiary/aromatic N) is 5. The predicted molar refractivity (Wildman–Crippen MR) is 109 cm³/mol. The number of benzene rings is 1. The SMILES string of the molecule is C=CC(=O)N1CC[C@H](Oc2ccc3ncnc(Oc4ccc5[nH]ncc5c4)c3n2)C1. The van der Waals surface area contributed by atoms with Crippen LogP contribution in [0, 0.1) is 0 Å². The van der Waals surface area contributed by atoms with Crippen LogP contribution in [0.3, 0.4) is 0 Å². The Hall–Kier alpha value is -4.01. The molecule has 1 amide bonds. The first-order chi connectivity index (χ1) is 14.7. The Morgan fingerprint density at radius 2 is 2.20 bits per heavy atom. The van der Waals surface area contributed by atoms with Crippen molar-refractivity contribution >= 4 is 27.8 Å². The first-order valence-corrected chi connectivity index (χ1v) is 9.50. The van der Waals surface area contributed by atoms with E-state index in [0.717, 1.165) is 17.3 Å². The summed E-state index contributed by atoms with van der Waals surface area (Å²) in [5.41, 5.74) is 2.06. The molecule has 1 atom stereocenters. The van der Waals surface area contributed by atoms with Gasteiger partial charge >= 0.3 is 0 Å². The highest BCUT2D eigenvalue weighted by atomic mass is 16.5. The largest absolute Gasteiger partial charge is 0.472 e. The Morgan fingerprint density at radius 1 is 1.27 bits per heavy atom. The van der Waals surface area contributed by atoms with Crippen LogP contribution in [0.15, 0.2) is 55.5 Å². The van der Waals surface area contributed by atoms with Crippen LogP contribution in [0.4, 0.5) is 0 Å². The van der Waals surface area contributed by atoms with Crippen molar-refractivity contribution in [2.75, 3.05) is 13.1 Å². The van der Waals surface area contributed by atoms with Gasteiger partial charge in [-0.2, -0.15) is 10.1 Å². The molecule has 3 aromatic heterocycles. The van der Waals surface area contributed by atoms with Crippen LogP contribution < -0.4 is 9.47 Å². The second kappa shape index (κ2) is 7.43. The second-order valence-corrected chi connectivity index (χ2v) is 6.93. The zero-order valence-corrected chi connectivity index (χ0v) is 16.0. The van der Waals surface area contributed by atoms with E-state index in [1.807, 2.05) is 24.3 Å². The van der Waals surface area contributed by atoms with Crippen molar-refractivity contribution in [3.63, 3.8) is 0 Å². The Labute approximate surface area is 171 Å². The molecule has 4 aromatic rings. The molecule has 1 aromatic carbocycles. The molecule has 30 heavy (non-hydrogen) atoms. The Balaban J connectivity index is 1.39. The molecule has 9 heteroatoms. The van der Waals surface area contributed by atoms with Gasteiger partial charge in [-0.1, -0.05) is 6.58 Å². The molecule has 0 unspecified atom stereocenters. The number of amides is 1. The van der Waals surface area contributed by atoms with Crippen LogP contribution in [0.5, 0.6) is 17.5 Å².